The van der Waals surface area contributed by atoms with Crippen LogP contribution in [0.2, 0.25) is 5.02 Å². The van der Waals surface area contributed by atoms with E-state index in [2.05, 4.69) is 0 Å². The third-order valence-corrected chi connectivity index (χ3v) is 4.49. The van der Waals surface area contributed by atoms with Gasteiger partial charge >= 0.3 is 6.09 Å². The van der Waals surface area contributed by atoms with Gasteiger partial charge in [0.05, 0.1) is 12.1 Å². The van der Waals surface area contributed by atoms with E-state index < -0.39 is 17.8 Å². The van der Waals surface area contributed by atoms with E-state index in [-0.39, 0.29) is 19.7 Å². The molecule has 6 heteroatoms. The zero-order chi connectivity index (χ0) is 17.2. The van der Waals surface area contributed by atoms with Crippen LogP contribution in [0, 0.1) is 0 Å². The number of alkyl halides is 1. The SMILES string of the molecule is N[C@]1(c2ccc(Cl)cc2)CN(C(=O)OCc2ccccc2)CC1F. The van der Waals surface area contributed by atoms with Crippen molar-refractivity contribution in [1.29, 1.82) is 0 Å². The first-order valence-electron chi connectivity index (χ1n) is 7.63. The second-order valence-electron chi connectivity index (χ2n) is 5.94. The van der Waals surface area contributed by atoms with Gasteiger partial charge in [-0.3, -0.25) is 0 Å². The zero-order valence-electron chi connectivity index (χ0n) is 13.0. The Balaban J connectivity index is 1.66. The van der Waals surface area contributed by atoms with Crippen molar-refractivity contribution in [2.24, 2.45) is 5.73 Å². The van der Waals surface area contributed by atoms with Gasteiger partial charge in [-0.15, -0.1) is 0 Å². The molecular formula is C18H18ClFN2O2. The fourth-order valence-corrected chi connectivity index (χ4v) is 2.94. The lowest BCUT2D eigenvalue weighted by molar-refractivity contribution is 0.101. The summed E-state index contributed by atoms with van der Waals surface area (Å²) in [5, 5.41) is 0.551. The maximum Gasteiger partial charge on any atom is 0.410 e. The first-order chi connectivity index (χ1) is 11.5. The number of benzene rings is 2. The summed E-state index contributed by atoms with van der Waals surface area (Å²) in [7, 11) is 0. The smallest absolute Gasteiger partial charge is 0.410 e. The van der Waals surface area contributed by atoms with Crippen molar-refractivity contribution in [2.75, 3.05) is 13.1 Å². The first-order valence-corrected chi connectivity index (χ1v) is 8.01. The number of ether oxygens (including phenoxy) is 1. The number of nitrogens with two attached hydrogens (primary N) is 1. The Kier molecular flexibility index (Phi) is 4.73. The van der Waals surface area contributed by atoms with Gasteiger partial charge in [0, 0.05) is 11.6 Å². The topological polar surface area (TPSA) is 55.6 Å². The third-order valence-electron chi connectivity index (χ3n) is 4.24. The lowest BCUT2D eigenvalue weighted by atomic mass is 9.89. The highest BCUT2D eigenvalue weighted by Gasteiger charge is 2.47. The monoisotopic (exact) mass is 348 g/mol. The van der Waals surface area contributed by atoms with Gasteiger partial charge in [0.2, 0.25) is 0 Å². The summed E-state index contributed by atoms with van der Waals surface area (Å²) in [5.41, 5.74) is 6.47. The Morgan fingerprint density at radius 1 is 1.25 bits per heavy atom. The van der Waals surface area contributed by atoms with Crippen molar-refractivity contribution in [3.8, 4) is 0 Å². The van der Waals surface area contributed by atoms with Gasteiger partial charge in [0.25, 0.3) is 0 Å². The number of hydrogen-bond donors (Lipinski definition) is 1. The quantitative estimate of drug-likeness (QED) is 0.923. The molecule has 1 fully saturated rings. The molecule has 0 bridgehead atoms. The number of carbonyl (C=O) groups is 1. The molecule has 0 aliphatic carbocycles. The third kappa shape index (κ3) is 3.37. The van der Waals surface area contributed by atoms with Crippen LogP contribution < -0.4 is 5.73 Å². The van der Waals surface area contributed by atoms with Crippen LogP contribution in [0.4, 0.5) is 9.18 Å². The Morgan fingerprint density at radius 3 is 2.58 bits per heavy atom. The molecule has 3 rings (SSSR count). The molecule has 1 heterocycles. The van der Waals surface area contributed by atoms with Crippen molar-refractivity contribution < 1.29 is 13.9 Å². The van der Waals surface area contributed by atoms with Gasteiger partial charge < -0.3 is 15.4 Å². The number of amides is 1. The average molecular weight is 349 g/mol. The zero-order valence-corrected chi connectivity index (χ0v) is 13.7. The lowest BCUT2D eigenvalue weighted by Gasteiger charge is -2.26. The Labute approximate surface area is 145 Å². The molecule has 4 nitrogen and oxygen atoms in total. The van der Waals surface area contributed by atoms with Gasteiger partial charge in [0.15, 0.2) is 0 Å². The lowest BCUT2D eigenvalue weighted by Crippen LogP contribution is -2.46. The summed E-state index contributed by atoms with van der Waals surface area (Å²) in [4.78, 5) is 13.5. The fourth-order valence-electron chi connectivity index (χ4n) is 2.82. The molecule has 2 atom stereocenters. The van der Waals surface area contributed by atoms with Gasteiger partial charge in [0.1, 0.15) is 12.8 Å². The van der Waals surface area contributed by atoms with Crippen LogP contribution in [0.15, 0.2) is 54.6 Å². The van der Waals surface area contributed by atoms with Crippen LogP contribution in [0.5, 0.6) is 0 Å². The van der Waals surface area contributed by atoms with Gasteiger partial charge in [-0.05, 0) is 23.3 Å². The highest BCUT2D eigenvalue weighted by Crippen LogP contribution is 2.33. The van der Waals surface area contributed by atoms with Crippen LogP contribution in [0.3, 0.4) is 0 Å². The minimum absolute atomic E-state index is 0.0590. The normalized spacial score (nSPS) is 23.3. The Morgan fingerprint density at radius 2 is 1.92 bits per heavy atom. The number of rotatable bonds is 3. The van der Waals surface area contributed by atoms with E-state index in [9.17, 15) is 9.18 Å². The predicted molar refractivity (Wildman–Crippen MR) is 90.4 cm³/mol. The summed E-state index contributed by atoms with van der Waals surface area (Å²) in [6.45, 7) is 0.113. The van der Waals surface area contributed by atoms with Crippen LogP contribution in [0.25, 0.3) is 0 Å². The second-order valence-corrected chi connectivity index (χ2v) is 6.37. The molecule has 0 saturated carbocycles. The fraction of sp³-hybridized carbons (Fsp3) is 0.278. The molecule has 1 aliphatic heterocycles. The van der Waals surface area contributed by atoms with E-state index >= 15 is 0 Å². The van der Waals surface area contributed by atoms with E-state index in [1.165, 1.54) is 4.90 Å². The van der Waals surface area contributed by atoms with Gasteiger partial charge in [-0.2, -0.15) is 0 Å². The minimum Gasteiger partial charge on any atom is -0.445 e. The van der Waals surface area contributed by atoms with E-state index in [4.69, 9.17) is 22.1 Å². The summed E-state index contributed by atoms with van der Waals surface area (Å²) < 4.78 is 19.8. The molecule has 2 aromatic rings. The molecule has 2 N–H and O–H groups in total. The minimum atomic E-state index is -1.37. The number of likely N-dealkylation sites (tertiary alicyclic amines) is 1. The summed E-state index contributed by atoms with van der Waals surface area (Å²) >= 11 is 5.86. The molecule has 0 radical (unpaired) electrons. The molecule has 1 saturated heterocycles. The Bertz CT molecular complexity index is 711. The van der Waals surface area contributed by atoms with E-state index in [0.717, 1.165) is 5.56 Å². The number of halogens is 2. The maximum absolute atomic E-state index is 14.5. The van der Waals surface area contributed by atoms with E-state index in [0.29, 0.717) is 10.6 Å². The molecule has 2 aromatic carbocycles. The molecule has 1 aliphatic rings. The highest BCUT2D eigenvalue weighted by molar-refractivity contribution is 6.30. The van der Waals surface area contributed by atoms with Crippen molar-refractivity contribution in [2.45, 2.75) is 18.3 Å². The molecule has 24 heavy (non-hydrogen) atoms. The van der Waals surface area contributed by atoms with E-state index in [1.54, 1.807) is 24.3 Å². The van der Waals surface area contributed by atoms with Crippen molar-refractivity contribution in [3.05, 3.63) is 70.7 Å². The standard InChI is InChI=1S/C18H18ClFN2O2/c19-15-8-6-14(7-9-15)18(21)12-22(10-16(18)20)17(23)24-11-13-4-2-1-3-5-13/h1-9,16H,10-12,21H2/t16?,18-/m0/s1. The summed E-state index contributed by atoms with van der Waals surface area (Å²) in [6, 6.07) is 16.0. The predicted octanol–water partition coefficient (Wildman–Crippen LogP) is 3.48. The van der Waals surface area contributed by atoms with E-state index in [1.807, 2.05) is 30.3 Å². The van der Waals surface area contributed by atoms with Crippen molar-refractivity contribution in [1.82, 2.24) is 4.90 Å². The summed E-state index contributed by atoms with van der Waals surface area (Å²) in [5.74, 6) is 0. The Hall–Kier alpha value is -2.11. The first kappa shape index (κ1) is 16.7. The number of hydrogen-bond acceptors (Lipinski definition) is 3. The van der Waals surface area contributed by atoms with Crippen LogP contribution >= 0.6 is 11.6 Å². The molecule has 126 valence electrons. The van der Waals surface area contributed by atoms with Crippen LogP contribution in [0.1, 0.15) is 11.1 Å². The molecule has 0 spiro atoms. The molecular weight excluding hydrogens is 331 g/mol. The largest absolute Gasteiger partial charge is 0.445 e. The molecule has 1 unspecified atom stereocenters. The highest BCUT2D eigenvalue weighted by atomic mass is 35.5. The number of nitrogens with zero attached hydrogens (tertiary/aromatic N) is 1. The van der Waals surface area contributed by atoms with Crippen molar-refractivity contribution in [3.63, 3.8) is 0 Å². The van der Waals surface area contributed by atoms with Crippen molar-refractivity contribution >= 4 is 17.7 Å². The van der Waals surface area contributed by atoms with Gasteiger partial charge in [-0.25, -0.2) is 9.18 Å². The van der Waals surface area contributed by atoms with Crippen LogP contribution in [-0.4, -0.2) is 30.3 Å². The summed E-state index contributed by atoms with van der Waals surface area (Å²) in [6.07, 6.45) is -1.94. The van der Waals surface area contributed by atoms with Crippen LogP contribution in [-0.2, 0) is 16.9 Å². The maximum atomic E-state index is 14.5. The number of carbonyl (C=O) groups excluding carboxylic acids is 1. The molecule has 0 aromatic heterocycles. The molecule has 1 amide bonds. The van der Waals surface area contributed by atoms with Gasteiger partial charge in [-0.1, -0.05) is 54.1 Å². The second kappa shape index (κ2) is 6.79. The average Bonchev–Trinajstić information content (AvgIpc) is 2.90.